The Bertz CT molecular complexity index is 158. The van der Waals surface area contributed by atoms with Crippen molar-refractivity contribution in [3.8, 4) is 0 Å². The summed E-state index contributed by atoms with van der Waals surface area (Å²) in [6.45, 7) is 1.70. The van der Waals surface area contributed by atoms with Crippen molar-refractivity contribution in [3.05, 3.63) is 0 Å². The standard InChI is InChI=1S/C8H15FN2/c9-8(6-4-11-5-6)2-1-7(10)3-8/h6-7,11H,1-5,10H2. The smallest absolute Gasteiger partial charge is 0.117 e. The number of alkyl halides is 1. The molecule has 2 atom stereocenters. The molecule has 1 heterocycles. The second-order valence-corrected chi connectivity index (χ2v) is 3.89. The number of rotatable bonds is 1. The molecule has 0 amide bonds. The van der Waals surface area contributed by atoms with Gasteiger partial charge in [0.25, 0.3) is 0 Å². The van der Waals surface area contributed by atoms with Gasteiger partial charge >= 0.3 is 0 Å². The van der Waals surface area contributed by atoms with Gasteiger partial charge in [0.05, 0.1) is 0 Å². The molecule has 0 radical (unpaired) electrons. The van der Waals surface area contributed by atoms with Crippen LogP contribution in [0, 0.1) is 5.92 Å². The molecule has 64 valence electrons. The van der Waals surface area contributed by atoms with Crippen LogP contribution in [0.5, 0.6) is 0 Å². The molecule has 3 N–H and O–H groups in total. The van der Waals surface area contributed by atoms with E-state index in [1.54, 1.807) is 0 Å². The first kappa shape index (κ1) is 7.50. The Hall–Kier alpha value is -0.150. The quantitative estimate of drug-likeness (QED) is 0.580. The minimum atomic E-state index is -0.926. The van der Waals surface area contributed by atoms with E-state index >= 15 is 0 Å². The van der Waals surface area contributed by atoms with Crippen LogP contribution in [0.1, 0.15) is 19.3 Å². The van der Waals surface area contributed by atoms with Gasteiger partial charge in [0.2, 0.25) is 0 Å². The lowest BCUT2D eigenvalue weighted by molar-refractivity contribution is 0.0528. The molecule has 2 rings (SSSR count). The Morgan fingerprint density at radius 1 is 1.45 bits per heavy atom. The van der Waals surface area contributed by atoms with Crippen molar-refractivity contribution in [1.29, 1.82) is 0 Å². The van der Waals surface area contributed by atoms with Crippen LogP contribution in [0.15, 0.2) is 0 Å². The Morgan fingerprint density at radius 2 is 2.18 bits per heavy atom. The van der Waals surface area contributed by atoms with Gasteiger partial charge in [-0.25, -0.2) is 4.39 Å². The molecule has 0 bridgehead atoms. The summed E-state index contributed by atoms with van der Waals surface area (Å²) in [5, 5.41) is 3.10. The molecule has 2 aliphatic rings. The fraction of sp³-hybridized carbons (Fsp3) is 1.00. The molecule has 0 aromatic rings. The van der Waals surface area contributed by atoms with Gasteiger partial charge in [-0.15, -0.1) is 0 Å². The van der Waals surface area contributed by atoms with Gasteiger partial charge in [-0.3, -0.25) is 0 Å². The van der Waals surface area contributed by atoms with Crippen molar-refractivity contribution >= 4 is 0 Å². The second kappa shape index (κ2) is 2.42. The number of nitrogens with two attached hydrogens (primary N) is 1. The first-order chi connectivity index (χ1) is 5.21. The van der Waals surface area contributed by atoms with Gasteiger partial charge in [-0.2, -0.15) is 0 Å². The molecular weight excluding hydrogens is 143 g/mol. The van der Waals surface area contributed by atoms with E-state index in [2.05, 4.69) is 5.32 Å². The van der Waals surface area contributed by atoms with E-state index in [-0.39, 0.29) is 12.0 Å². The van der Waals surface area contributed by atoms with Crippen molar-refractivity contribution in [3.63, 3.8) is 0 Å². The summed E-state index contributed by atoms with van der Waals surface area (Å²) in [5.41, 5.74) is 4.74. The van der Waals surface area contributed by atoms with Gasteiger partial charge < -0.3 is 11.1 Å². The Balaban J connectivity index is 1.98. The van der Waals surface area contributed by atoms with Crippen molar-refractivity contribution in [1.82, 2.24) is 5.32 Å². The first-order valence-electron chi connectivity index (χ1n) is 4.36. The van der Waals surface area contributed by atoms with Crippen molar-refractivity contribution in [2.45, 2.75) is 31.0 Å². The van der Waals surface area contributed by atoms with E-state index in [1.165, 1.54) is 0 Å². The highest BCUT2D eigenvalue weighted by Crippen LogP contribution is 2.40. The fourth-order valence-electron chi connectivity index (χ4n) is 2.09. The van der Waals surface area contributed by atoms with Crippen LogP contribution in [0.2, 0.25) is 0 Å². The lowest BCUT2D eigenvalue weighted by Gasteiger charge is -2.37. The van der Waals surface area contributed by atoms with E-state index < -0.39 is 5.67 Å². The van der Waals surface area contributed by atoms with Crippen LogP contribution in [-0.4, -0.2) is 24.8 Å². The lowest BCUT2D eigenvalue weighted by atomic mass is 9.83. The molecule has 0 spiro atoms. The Morgan fingerprint density at radius 3 is 2.55 bits per heavy atom. The normalized spacial score (nSPS) is 45.8. The SMILES string of the molecule is NC1CCC(F)(C2CNC2)C1. The van der Waals surface area contributed by atoms with Crippen LogP contribution >= 0.6 is 0 Å². The minimum absolute atomic E-state index is 0.112. The molecule has 2 fully saturated rings. The largest absolute Gasteiger partial charge is 0.328 e. The van der Waals surface area contributed by atoms with Crippen molar-refractivity contribution in [2.24, 2.45) is 11.7 Å². The third-order valence-corrected chi connectivity index (χ3v) is 3.05. The van der Waals surface area contributed by atoms with Gasteiger partial charge in [0.15, 0.2) is 0 Å². The maximum atomic E-state index is 13.9. The Labute approximate surface area is 66.3 Å². The Kier molecular flexibility index (Phi) is 1.65. The summed E-state index contributed by atoms with van der Waals surface area (Å²) >= 11 is 0. The van der Waals surface area contributed by atoms with E-state index in [9.17, 15) is 4.39 Å². The predicted molar refractivity (Wildman–Crippen MR) is 42.0 cm³/mol. The van der Waals surface area contributed by atoms with Gasteiger partial charge in [-0.05, 0) is 19.3 Å². The highest BCUT2D eigenvalue weighted by molar-refractivity contribution is 5.00. The summed E-state index contributed by atoms with van der Waals surface area (Å²) in [4.78, 5) is 0. The molecule has 0 aromatic carbocycles. The summed E-state index contributed by atoms with van der Waals surface area (Å²) in [6, 6.07) is 0.112. The first-order valence-corrected chi connectivity index (χ1v) is 4.36. The number of nitrogens with one attached hydrogen (secondary N) is 1. The zero-order valence-electron chi connectivity index (χ0n) is 6.65. The highest BCUT2D eigenvalue weighted by Gasteiger charge is 2.46. The number of halogens is 1. The van der Waals surface area contributed by atoms with Gasteiger partial charge in [0, 0.05) is 25.0 Å². The molecule has 1 saturated carbocycles. The highest BCUT2D eigenvalue weighted by atomic mass is 19.1. The fourth-order valence-corrected chi connectivity index (χ4v) is 2.09. The van der Waals surface area contributed by atoms with Gasteiger partial charge in [0.1, 0.15) is 5.67 Å². The molecule has 1 aliphatic carbocycles. The monoisotopic (exact) mass is 158 g/mol. The van der Waals surface area contributed by atoms with Crippen LogP contribution in [-0.2, 0) is 0 Å². The molecular formula is C8H15FN2. The molecule has 2 unspecified atom stereocenters. The topological polar surface area (TPSA) is 38.0 Å². The van der Waals surface area contributed by atoms with Crippen LogP contribution < -0.4 is 11.1 Å². The third-order valence-electron chi connectivity index (χ3n) is 3.05. The van der Waals surface area contributed by atoms with E-state index in [4.69, 9.17) is 5.73 Å². The number of hydrogen-bond acceptors (Lipinski definition) is 2. The zero-order chi connectivity index (χ0) is 7.90. The third kappa shape index (κ3) is 1.16. The summed E-state index contributed by atoms with van der Waals surface area (Å²) < 4.78 is 13.9. The summed E-state index contributed by atoms with van der Waals surface area (Å²) in [6.07, 6.45) is 2.13. The van der Waals surface area contributed by atoms with Crippen molar-refractivity contribution in [2.75, 3.05) is 13.1 Å². The maximum absolute atomic E-state index is 13.9. The molecule has 1 saturated heterocycles. The van der Waals surface area contributed by atoms with E-state index in [0.717, 1.165) is 19.5 Å². The van der Waals surface area contributed by atoms with Crippen LogP contribution in [0.3, 0.4) is 0 Å². The molecule has 3 heteroatoms. The average molecular weight is 158 g/mol. The van der Waals surface area contributed by atoms with E-state index in [1.807, 2.05) is 0 Å². The number of hydrogen-bond donors (Lipinski definition) is 2. The van der Waals surface area contributed by atoms with E-state index in [0.29, 0.717) is 12.8 Å². The zero-order valence-corrected chi connectivity index (χ0v) is 6.65. The van der Waals surface area contributed by atoms with Gasteiger partial charge in [-0.1, -0.05) is 0 Å². The average Bonchev–Trinajstić information content (AvgIpc) is 2.06. The van der Waals surface area contributed by atoms with Crippen LogP contribution in [0.4, 0.5) is 4.39 Å². The molecule has 11 heavy (non-hydrogen) atoms. The minimum Gasteiger partial charge on any atom is -0.328 e. The second-order valence-electron chi connectivity index (χ2n) is 3.89. The summed E-state index contributed by atoms with van der Waals surface area (Å²) in [5.74, 6) is 0.246. The lowest BCUT2D eigenvalue weighted by Crippen LogP contribution is -2.53. The van der Waals surface area contributed by atoms with Crippen LogP contribution in [0.25, 0.3) is 0 Å². The molecule has 1 aliphatic heterocycles. The maximum Gasteiger partial charge on any atom is 0.117 e. The summed E-state index contributed by atoms with van der Waals surface area (Å²) in [7, 11) is 0. The molecule has 0 aromatic heterocycles. The predicted octanol–water partition coefficient (Wildman–Crippen LogP) is 0.425. The van der Waals surface area contributed by atoms with Crippen molar-refractivity contribution < 1.29 is 4.39 Å². The molecule has 2 nitrogen and oxygen atoms in total.